The molecule has 5 nitrogen and oxygen atoms in total. The molecule has 1 unspecified atom stereocenters. The maximum Gasteiger partial charge on any atom is 0.416 e. The van der Waals surface area contributed by atoms with Crippen molar-refractivity contribution in [2.24, 2.45) is 5.92 Å². The van der Waals surface area contributed by atoms with Crippen molar-refractivity contribution in [3.63, 3.8) is 0 Å². The molecule has 2 fully saturated rings. The summed E-state index contributed by atoms with van der Waals surface area (Å²) >= 11 is 0. The number of likely N-dealkylation sites (tertiary alicyclic amines) is 1. The Kier molecular flexibility index (Phi) is 7.39. The van der Waals surface area contributed by atoms with Crippen LogP contribution < -0.4 is 4.90 Å². The lowest BCUT2D eigenvalue weighted by Gasteiger charge is -2.35. The first-order chi connectivity index (χ1) is 15.8. The number of carbonyl (C=O) groups is 1. The summed E-state index contributed by atoms with van der Waals surface area (Å²) in [5.41, 5.74) is 1.01. The summed E-state index contributed by atoms with van der Waals surface area (Å²) in [6.07, 6.45) is 8.72. The van der Waals surface area contributed by atoms with E-state index < -0.39 is 11.7 Å². The molecule has 1 aromatic heterocycles. The lowest BCUT2D eigenvalue weighted by molar-refractivity contribution is -0.129. The number of nitrogens with zero attached hydrogens (tertiary/aromatic N) is 4. The van der Waals surface area contributed by atoms with Gasteiger partial charge in [-0.25, -0.2) is 4.98 Å². The summed E-state index contributed by atoms with van der Waals surface area (Å²) in [6, 6.07) is 0. The van der Waals surface area contributed by atoms with E-state index in [2.05, 4.69) is 9.88 Å². The van der Waals surface area contributed by atoms with Crippen LogP contribution in [0, 0.1) is 5.92 Å². The van der Waals surface area contributed by atoms with Crippen molar-refractivity contribution in [3.8, 4) is 0 Å². The summed E-state index contributed by atoms with van der Waals surface area (Å²) in [5, 5.41) is 0. The summed E-state index contributed by atoms with van der Waals surface area (Å²) in [4.78, 5) is 25.1. The molecular weight excluding hydrogens is 429 g/mol. The first kappa shape index (κ1) is 23.8. The number of alkyl halides is 3. The third-order valence-electron chi connectivity index (χ3n) is 7.22. The van der Waals surface area contributed by atoms with E-state index in [1.165, 1.54) is 6.08 Å². The summed E-state index contributed by atoms with van der Waals surface area (Å²) in [6.45, 7) is 4.81. The van der Waals surface area contributed by atoms with Gasteiger partial charge in [0.25, 0.3) is 0 Å². The number of hydrogen-bond donors (Lipinski definition) is 0. The smallest absolute Gasteiger partial charge is 0.355 e. The van der Waals surface area contributed by atoms with Gasteiger partial charge < -0.3 is 9.80 Å². The quantitative estimate of drug-likeness (QED) is 0.587. The highest BCUT2D eigenvalue weighted by Crippen LogP contribution is 2.38. The summed E-state index contributed by atoms with van der Waals surface area (Å²) in [7, 11) is 0. The second kappa shape index (κ2) is 10.3. The van der Waals surface area contributed by atoms with E-state index in [-0.39, 0.29) is 5.91 Å². The Bertz CT molecular complexity index is 903. The van der Waals surface area contributed by atoms with E-state index in [1.54, 1.807) is 19.2 Å². The third kappa shape index (κ3) is 5.95. The minimum absolute atomic E-state index is 0.120. The van der Waals surface area contributed by atoms with Gasteiger partial charge >= 0.3 is 6.18 Å². The van der Waals surface area contributed by atoms with Crippen LogP contribution in [0.4, 0.5) is 19.0 Å². The van der Waals surface area contributed by atoms with Gasteiger partial charge in [0.15, 0.2) is 0 Å². The molecule has 3 aliphatic rings. The van der Waals surface area contributed by atoms with Crippen LogP contribution in [0.5, 0.6) is 0 Å². The lowest BCUT2D eigenvalue weighted by atomic mass is 9.87. The van der Waals surface area contributed by atoms with Gasteiger partial charge in [0, 0.05) is 45.2 Å². The first-order valence-corrected chi connectivity index (χ1v) is 12.1. The largest absolute Gasteiger partial charge is 0.416 e. The zero-order valence-electron chi connectivity index (χ0n) is 19.3. The van der Waals surface area contributed by atoms with Crippen molar-refractivity contribution in [1.29, 1.82) is 0 Å². The molecule has 180 valence electrons. The highest BCUT2D eigenvalue weighted by molar-refractivity contribution is 5.73. The molecule has 0 saturated carbocycles. The molecule has 1 amide bonds. The Morgan fingerprint density at radius 3 is 2.58 bits per heavy atom. The average Bonchev–Trinajstić information content (AvgIpc) is 2.83. The molecule has 2 aliphatic heterocycles. The van der Waals surface area contributed by atoms with Crippen molar-refractivity contribution in [2.45, 2.75) is 70.4 Å². The Hall–Kier alpha value is -2.38. The van der Waals surface area contributed by atoms with Crippen molar-refractivity contribution < 1.29 is 18.0 Å². The Balaban J connectivity index is 1.35. The molecule has 0 aromatic carbocycles. The standard InChI is InChI=1S/C25H33F3N4O/c1-18(33)31-13-10-21(11-14-31)23-15-29-16-24(30-23)32-12-4-5-19(17-32)8-9-20-6-2-3-7-22(20)25(26,27)28/h6-7,15-16,19,21H,2-5,8-14,17H2,1H3. The topological polar surface area (TPSA) is 49.3 Å². The van der Waals surface area contributed by atoms with E-state index in [4.69, 9.17) is 4.98 Å². The van der Waals surface area contributed by atoms with Gasteiger partial charge in [0.2, 0.25) is 5.91 Å². The number of hydrogen-bond acceptors (Lipinski definition) is 4. The second-order valence-corrected chi connectivity index (χ2v) is 9.50. The number of allylic oxidation sites excluding steroid dienone is 4. The molecule has 1 atom stereocenters. The maximum absolute atomic E-state index is 13.3. The third-order valence-corrected chi connectivity index (χ3v) is 7.22. The fourth-order valence-corrected chi connectivity index (χ4v) is 5.34. The van der Waals surface area contributed by atoms with Crippen LogP contribution in [0.25, 0.3) is 0 Å². The molecule has 4 rings (SSSR count). The molecular formula is C25H33F3N4O. The number of carbonyl (C=O) groups excluding carboxylic acids is 1. The fraction of sp³-hybridized carbons (Fsp3) is 0.640. The number of piperidine rings is 2. The lowest BCUT2D eigenvalue weighted by Crippen LogP contribution is -2.37. The van der Waals surface area contributed by atoms with Gasteiger partial charge in [-0.1, -0.05) is 12.2 Å². The molecule has 33 heavy (non-hydrogen) atoms. The van der Waals surface area contributed by atoms with Crippen LogP contribution in [0.1, 0.15) is 69.9 Å². The number of anilines is 1. The Morgan fingerprint density at radius 2 is 1.85 bits per heavy atom. The minimum atomic E-state index is -4.26. The van der Waals surface area contributed by atoms with Crippen LogP contribution in [-0.4, -0.2) is 53.1 Å². The number of amides is 1. The highest BCUT2D eigenvalue weighted by atomic mass is 19.4. The molecule has 0 radical (unpaired) electrons. The molecule has 2 saturated heterocycles. The number of halogens is 3. The molecule has 0 N–H and O–H groups in total. The van der Waals surface area contributed by atoms with Gasteiger partial charge in [-0.05, 0) is 62.9 Å². The number of aromatic nitrogens is 2. The van der Waals surface area contributed by atoms with Crippen molar-refractivity contribution in [1.82, 2.24) is 14.9 Å². The van der Waals surface area contributed by atoms with E-state index in [9.17, 15) is 18.0 Å². The van der Waals surface area contributed by atoms with Gasteiger partial charge in [-0.3, -0.25) is 9.78 Å². The molecule has 3 heterocycles. The monoisotopic (exact) mass is 462 g/mol. The van der Waals surface area contributed by atoms with E-state index in [0.717, 1.165) is 69.8 Å². The van der Waals surface area contributed by atoms with E-state index >= 15 is 0 Å². The average molecular weight is 463 g/mol. The zero-order chi connectivity index (χ0) is 23.4. The fourth-order valence-electron chi connectivity index (χ4n) is 5.34. The van der Waals surface area contributed by atoms with Gasteiger partial charge in [-0.15, -0.1) is 0 Å². The van der Waals surface area contributed by atoms with Crippen LogP contribution in [0.3, 0.4) is 0 Å². The van der Waals surface area contributed by atoms with Gasteiger partial charge in [0.05, 0.1) is 17.5 Å². The maximum atomic E-state index is 13.3. The predicted octanol–water partition coefficient (Wildman–Crippen LogP) is 5.41. The predicted molar refractivity (Wildman–Crippen MR) is 122 cm³/mol. The SMILES string of the molecule is CC(=O)N1CCC(c2cncc(N3CCCC(CCC4=CCCC=C4C(F)(F)F)C3)n2)CC1. The van der Waals surface area contributed by atoms with Crippen molar-refractivity contribution in [2.75, 3.05) is 31.1 Å². The Labute approximate surface area is 193 Å². The summed E-state index contributed by atoms with van der Waals surface area (Å²) in [5.74, 6) is 1.63. The molecule has 1 aliphatic carbocycles. The highest BCUT2D eigenvalue weighted by Gasteiger charge is 2.36. The van der Waals surface area contributed by atoms with Crippen LogP contribution >= 0.6 is 0 Å². The van der Waals surface area contributed by atoms with Crippen molar-refractivity contribution >= 4 is 11.7 Å². The van der Waals surface area contributed by atoms with Crippen LogP contribution in [0.2, 0.25) is 0 Å². The van der Waals surface area contributed by atoms with E-state index in [1.807, 2.05) is 11.1 Å². The number of rotatable bonds is 5. The molecule has 8 heteroatoms. The van der Waals surface area contributed by atoms with Crippen LogP contribution in [-0.2, 0) is 4.79 Å². The van der Waals surface area contributed by atoms with E-state index in [0.29, 0.717) is 36.7 Å². The van der Waals surface area contributed by atoms with Gasteiger partial charge in [-0.2, -0.15) is 13.2 Å². The second-order valence-electron chi connectivity index (χ2n) is 9.50. The van der Waals surface area contributed by atoms with Crippen molar-refractivity contribution in [3.05, 3.63) is 41.4 Å². The normalized spacial score (nSPS) is 22.7. The van der Waals surface area contributed by atoms with Gasteiger partial charge in [0.1, 0.15) is 5.82 Å². The molecule has 0 bridgehead atoms. The summed E-state index contributed by atoms with van der Waals surface area (Å²) < 4.78 is 40.0. The molecule has 0 spiro atoms. The zero-order valence-corrected chi connectivity index (χ0v) is 19.3. The van der Waals surface area contributed by atoms with Crippen LogP contribution in [0.15, 0.2) is 35.7 Å². The minimum Gasteiger partial charge on any atom is -0.355 e. The molecule has 1 aromatic rings. The first-order valence-electron chi connectivity index (χ1n) is 12.1. The Morgan fingerprint density at radius 1 is 1.09 bits per heavy atom.